The number of hydrogen-bond donors (Lipinski definition) is 2. The van der Waals surface area contributed by atoms with Gasteiger partial charge in [0.1, 0.15) is 0 Å². The number of ether oxygens (including phenoxy) is 1. The Kier molecular flexibility index (Phi) is 2.86. The summed E-state index contributed by atoms with van der Waals surface area (Å²) in [4.78, 5) is 0. The first kappa shape index (κ1) is 9.44. The van der Waals surface area contributed by atoms with Gasteiger partial charge in [-0.3, -0.25) is 0 Å². The Labute approximate surface area is 79.3 Å². The van der Waals surface area contributed by atoms with E-state index in [1.165, 1.54) is 25.7 Å². The van der Waals surface area contributed by atoms with Crippen molar-refractivity contribution in [1.29, 1.82) is 0 Å². The third-order valence-electron chi connectivity index (χ3n) is 3.02. The summed E-state index contributed by atoms with van der Waals surface area (Å²) in [6, 6.07) is 0.0590. The van der Waals surface area contributed by atoms with Crippen molar-refractivity contribution in [2.24, 2.45) is 17.6 Å². The summed E-state index contributed by atoms with van der Waals surface area (Å²) in [5, 5.41) is 9.10. The maximum absolute atomic E-state index is 9.10. The van der Waals surface area contributed by atoms with Gasteiger partial charge in [-0.25, -0.2) is 0 Å². The fraction of sp³-hybridized carbons (Fsp3) is 1.00. The van der Waals surface area contributed by atoms with Crippen molar-refractivity contribution < 1.29 is 9.84 Å². The van der Waals surface area contributed by atoms with Crippen LogP contribution < -0.4 is 5.73 Å². The molecule has 0 amide bonds. The number of aliphatic hydroxyl groups excluding tert-OH is 1. The van der Waals surface area contributed by atoms with Crippen LogP contribution in [0.2, 0.25) is 0 Å². The third-order valence-corrected chi connectivity index (χ3v) is 3.02. The molecule has 0 aliphatic heterocycles. The summed E-state index contributed by atoms with van der Waals surface area (Å²) >= 11 is 0. The van der Waals surface area contributed by atoms with E-state index in [4.69, 9.17) is 15.6 Å². The van der Waals surface area contributed by atoms with Crippen LogP contribution in [0.1, 0.15) is 25.7 Å². The summed E-state index contributed by atoms with van der Waals surface area (Å²) in [6.07, 6.45) is 4.89. The molecule has 0 aromatic carbocycles. The molecule has 3 heteroatoms. The highest BCUT2D eigenvalue weighted by Gasteiger charge is 2.35. The predicted octanol–water partition coefficient (Wildman–Crippen LogP) is 0.511. The minimum atomic E-state index is -0.118. The highest BCUT2D eigenvalue weighted by molar-refractivity contribution is 4.89. The van der Waals surface area contributed by atoms with Crippen molar-refractivity contribution >= 4 is 0 Å². The van der Waals surface area contributed by atoms with Gasteiger partial charge in [-0.05, 0) is 37.5 Å². The van der Waals surface area contributed by atoms with Crippen LogP contribution in [0.25, 0.3) is 0 Å². The minimum Gasteiger partial charge on any atom is -0.394 e. The molecular formula is C10H19NO2. The first-order chi connectivity index (χ1) is 6.31. The summed E-state index contributed by atoms with van der Waals surface area (Å²) in [5.74, 6) is 1.36. The van der Waals surface area contributed by atoms with Crippen molar-refractivity contribution in [2.75, 3.05) is 13.2 Å². The number of rotatable bonds is 6. The Morgan fingerprint density at radius 1 is 1.31 bits per heavy atom. The molecule has 0 radical (unpaired) electrons. The van der Waals surface area contributed by atoms with Gasteiger partial charge >= 0.3 is 0 Å². The van der Waals surface area contributed by atoms with Crippen molar-refractivity contribution in [3.63, 3.8) is 0 Å². The Bertz CT molecular complexity index is 166. The van der Waals surface area contributed by atoms with Crippen LogP contribution in [0.4, 0.5) is 0 Å². The molecule has 0 spiro atoms. The number of aliphatic hydroxyl groups is 1. The third kappa shape index (κ3) is 2.66. The van der Waals surface area contributed by atoms with Gasteiger partial charge in [0.05, 0.1) is 12.7 Å². The maximum atomic E-state index is 9.10. The normalized spacial score (nSPS) is 27.2. The molecule has 2 fully saturated rings. The Morgan fingerprint density at radius 3 is 2.46 bits per heavy atom. The lowest BCUT2D eigenvalue weighted by atomic mass is 10.1. The zero-order valence-corrected chi connectivity index (χ0v) is 7.98. The molecule has 13 heavy (non-hydrogen) atoms. The van der Waals surface area contributed by atoms with Gasteiger partial charge < -0.3 is 15.6 Å². The van der Waals surface area contributed by atoms with E-state index in [-0.39, 0.29) is 18.8 Å². The van der Waals surface area contributed by atoms with E-state index in [1.54, 1.807) is 0 Å². The minimum absolute atomic E-state index is 0.0590. The zero-order chi connectivity index (χ0) is 9.26. The lowest BCUT2D eigenvalue weighted by Gasteiger charge is -2.22. The summed E-state index contributed by atoms with van der Waals surface area (Å²) < 4.78 is 5.60. The smallest absolute Gasteiger partial charge is 0.0958 e. The molecule has 0 bridgehead atoms. The molecule has 2 rings (SSSR count). The van der Waals surface area contributed by atoms with Gasteiger partial charge in [-0.2, -0.15) is 0 Å². The van der Waals surface area contributed by atoms with Crippen LogP contribution in [0.3, 0.4) is 0 Å². The molecule has 3 N–H and O–H groups in total. The topological polar surface area (TPSA) is 55.5 Å². The fourth-order valence-electron chi connectivity index (χ4n) is 1.61. The SMILES string of the molecule is NC(C1CC1)C(CO)OCC1CC1. The second-order valence-electron chi connectivity index (χ2n) is 4.41. The van der Waals surface area contributed by atoms with Crippen LogP contribution in [0.5, 0.6) is 0 Å². The highest BCUT2D eigenvalue weighted by Crippen LogP contribution is 2.34. The first-order valence-corrected chi connectivity index (χ1v) is 5.29. The number of hydrogen-bond acceptors (Lipinski definition) is 3. The monoisotopic (exact) mass is 185 g/mol. The van der Waals surface area contributed by atoms with Gasteiger partial charge in [0.2, 0.25) is 0 Å². The zero-order valence-electron chi connectivity index (χ0n) is 7.98. The average molecular weight is 185 g/mol. The fourth-order valence-corrected chi connectivity index (χ4v) is 1.61. The molecule has 2 aliphatic rings. The molecule has 2 aliphatic carbocycles. The first-order valence-electron chi connectivity index (χ1n) is 5.29. The van der Waals surface area contributed by atoms with E-state index < -0.39 is 0 Å². The highest BCUT2D eigenvalue weighted by atomic mass is 16.5. The van der Waals surface area contributed by atoms with Crippen molar-refractivity contribution in [3.05, 3.63) is 0 Å². The van der Waals surface area contributed by atoms with E-state index in [2.05, 4.69) is 0 Å². The van der Waals surface area contributed by atoms with Gasteiger partial charge in [-0.1, -0.05) is 0 Å². The standard InChI is InChI=1S/C10H19NO2/c11-10(8-3-4-8)9(5-12)13-6-7-1-2-7/h7-10,12H,1-6,11H2. The van der Waals surface area contributed by atoms with Gasteiger partial charge in [0, 0.05) is 12.6 Å². The quantitative estimate of drug-likeness (QED) is 0.634. The van der Waals surface area contributed by atoms with E-state index in [0.29, 0.717) is 5.92 Å². The van der Waals surface area contributed by atoms with Crippen LogP contribution in [0, 0.1) is 11.8 Å². The molecule has 3 nitrogen and oxygen atoms in total. The van der Waals surface area contributed by atoms with Gasteiger partial charge in [0.25, 0.3) is 0 Å². The molecule has 2 atom stereocenters. The summed E-state index contributed by atoms with van der Waals surface area (Å²) in [5.41, 5.74) is 5.96. The Balaban J connectivity index is 1.70. The van der Waals surface area contributed by atoms with E-state index in [9.17, 15) is 0 Å². The molecular weight excluding hydrogens is 166 g/mol. The predicted molar refractivity (Wildman–Crippen MR) is 50.2 cm³/mol. The molecule has 0 aromatic heterocycles. The van der Waals surface area contributed by atoms with Crippen molar-refractivity contribution in [2.45, 2.75) is 37.8 Å². The second kappa shape index (κ2) is 3.95. The molecule has 0 saturated heterocycles. The van der Waals surface area contributed by atoms with Crippen LogP contribution in [-0.2, 0) is 4.74 Å². The van der Waals surface area contributed by atoms with Gasteiger partial charge in [-0.15, -0.1) is 0 Å². The van der Waals surface area contributed by atoms with E-state index in [1.807, 2.05) is 0 Å². The largest absolute Gasteiger partial charge is 0.394 e. The lowest BCUT2D eigenvalue weighted by molar-refractivity contribution is -0.0113. The average Bonchev–Trinajstić information content (AvgIpc) is 3.00. The van der Waals surface area contributed by atoms with Crippen LogP contribution in [-0.4, -0.2) is 30.5 Å². The van der Waals surface area contributed by atoms with Crippen molar-refractivity contribution in [1.82, 2.24) is 0 Å². The lowest BCUT2D eigenvalue weighted by Crippen LogP contribution is -2.41. The van der Waals surface area contributed by atoms with Gasteiger partial charge in [0.15, 0.2) is 0 Å². The van der Waals surface area contributed by atoms with Crippen LogP contribution >= 0.6 is 0 Å². The Hall–Kier alpha value is -0.120. The van der Waals surface area contributed by atoms with Crippen molar-refractivity contribution in [3.8, 4) is 0 Å². The maximum Gasteiger partial charge on any atom is 0.0958 e. The molecule has 0 heterocycles. The van der Waals surface area contributed by atoms with Crippen LogP contribution in [0.15, 0.2) is 0 Å². The molecule has 2 unspecified atom stereocenters. The van der Waals surface area contributed by atoms with E-state index >= 15 is 0 Å². The Morgan fingerprint density at radius 2 is 2.00 bits per heavy atom. The van der Waals surface area contributed by atoms with E-state index in [0.717, 1.165) is 12.5 Å². The summed E-state index contributed by atoms with van der Waals surface area (Å²) in [7, 11) is 0. The molecule has 76 valence electrons. The summed E-state index contributed by atoms with van der Waals surface area (Å²) in [6.45, 7) is 0.871. The molecule has 2 saturated carbocycles. The molecule has 0 aromatic rings. The second-order valence-corrected chi connectivity index (χ2v) is 4.41. The number of nitrogens with two attached hydrogens (primary N) is 1.